The van der Waals surface area contributed by atoms with Crippen LogP contribution >= 0.6 is 0 Å². The number of amides is 3. The summed E-state index contributed by atoms with van der Waals surface area (Å²) < 4.78 is 0. The Labute approximate surface area is 157 Å². The van der Waals surface area contributed by atoms with Crippen LogP contribution in [-0.2, 0) is 14.4 Å². The molecular formula is C19H34N4O3. The van der Waals surface area contributed by atoms with E-state index in [-0.39, 0.29) is 36.4 Å². The van der Waals surface area contributed by atoms with Gasteiger partial charge >= 0.3 is 0 Å². The highest BCUT2D eigenvalue weighted by Crippen LogP contribution is 2.23. The second-order valence-electron chi connectivity index (χ2n) is 7.85. The van der Waals surface area contributed by atoms with Crippen molar-refractivity contribution in [2.24, 2.45) is 5.92 Å². The van der Waals surface area contributed by atoms with E-state index in [0.717, 1.165) is 51.7 Å². The maximum absolute atomic E-state index is 13.0. The molecule has 148 valence electrons. The lowest BCUT2D eigenvalue weighted by molar-refractivity contribution is -0.138. The summed E-state index contributed by atoms with van der Waals surface area (Å²) in [6, 6.07) is -0.0392. The van der Waals surface area contributed by atoms with Gasteiger partial charge < -0.3 is 15.1 Å². The summed E-state index contributed by atoms with van der Waals surface area (Å²) in [5.41, 5.74) is 0. The van der Waals surface area contributed by atoms with E-state index >= 15 is 0 Å². The van der Waals surface area contributed by atoms with Crippen molar-refractivity contribution in [3.8, 4) is 0 Å². The van der Waals surface area contributed by atoms with Crippen molar-refractivity contribution < 1.29 is 14.4 Å². The Morgan fingerprint density at radius 3 is 2.42 bits per heavy atom. The Morgan fingerprint density at radius 2 is 1.81 bits per heavy atom. The first-order valence-corrected chi connectivity index (χ1v) is 9.91. The monoisotopic (exact) mass is 366 g/mol. The molecule has 26 heavy (non-hydrogen) atoms. The largest absolute Gasteiger partial charge is 0.350 e. The van der Waals surface area contributed by atoms with Gasteiger partial charge in [0.25, 0.3) is 0 Å². The molecule has 0 aromatic carbocycles. The second kappa shape index (κ2) is 9.90. The number of carbonyl (C=O) groups excluding carboxylic acids is 3. The molecule has 7 nitrogen and oxygen atoms in total. The highest BCUT2D eigenvalue weighted by Gasteiger charge is 2.35. The molecule has 2 aliphatic rings. The van der Waals surface area contributed by atoms with Gasteiger partial charge in [-0.25, -0.2) is 0 Å². The molecule has 0 bridgehead atoms. The van der Waals surface area contributed by atoms with E-state index in [0.29, 0.717) is 13.0 Å². The Bertz CT molecular complexity index is 491. The van der Waals surface area contributed by atoms with Gasteiger partial charge in [-0.1, -0.05) is 20.3 Å². The molecule has 0 radical (unpaired) electrons. The molecule has 3 amide bonds. The Kier molecular flexibility index (Phi) is 7.87. The van der Waals surface area contributed by atoms with Gasteiger partial charge in [-0.3, -0.25) is 19.3 Å². The third-order valence-corrected chi connectivity index (χ3v) is 5.74. The lowest BCUT2D eigenvalue weighted by atomic mass is 9.96. The van der Waals surface area contributed by atoms with Crippen molar-refractivity contribution in [3.63, 3.8) is 0 Å². The topological polar surface area (TPSA) is 73.0 Å². The maximum atomic E-state index is 13.0. The third kappa shape index (κ3) is 5.19. The Hall–Kier alpha value is -1.63. The molecule has 2 saturated heterocycles. The van der Waals surface area contributed by atoms with Crippen LogP contribution in [0.15, 0.2) is 0 Å². The number of piperidine rings is 1. The first-order valence-electron chi connectivity index (χ1n) is 9.91. The van der Waals surface area contributed by atoms with E-state index in [2.05, 4.69) is 24.1 Å². The van der Waals surface area contributed by atoms with Gasteiger partial charge in [-0.2, -0.15) is 0 Å². The molecule has 2 aliphatic heterocycles. The van der Waals surface area contributed by atoms with Crippen molar-refractivity contribution in [1.82, 2.24) is 20.0 Å². The van der Waals surface area contributed by atoms with Gasteiger partial charge in [0.05, 0.1) is 12.6 Å². The average molecular weight is 367 g/mol. The minimum absolute atomic E-state index is 0.0133. The molecule has 2 heterocycles. The molecular weight excluding hydrogens is 332 g/mol. The molecule has 2 atom stereocenters. The number of likely N-dealkylation sites (tertiary alicyclic amines) is 2. The molecule has 0 aliphatic carbocycles. The van der Waals surface area contributed by atoms with Gasteiger partial charge in [0.15, 0.2) is 0 Å². The number of nitrogens with zero attached hydrogens (tertiary/aromatic N) is 3. The third-order valence-electron chi connectivity index (χ3n) is 5.74. The summed E-state index contributed by atoms with van der Waals surface area (Å²) in [5, 5.41) is 2.44. The van der Waals surface area contributed by atoms with E-state index in [1.54, 1.807) is 11.9 Å². The molecule has 0 saturated carbocycles. The summed E-state index contributed by atoms with van der Waals surface area (Å²) in [5.74, 6) is 0.432. The predicted octanol–water partition coefficient (Wildman–Crippen LogP) is 0.692. The number of carbonyl (C=O) groups is 3. The van der Waals surface area contributed by atoms with Crippen molar-refractivity contribution >= 4 is 18.2 Å². The standard InChI is InChI=1S/C19H34N4O3/c1-15(2)17(21(3)18(25)12-20-14-24)13-23-11-5-4-8-16(23)19(26)22-9-6-7-10-22/h14-17H,4-13H2,1-3H3,(H,20,24)/t16-,17+/m0/s1. The van der Waals surface area contributed by atoms with Gasteiger partial charge in [0.2, 0.25) is 18.2 Å². The molecule has 0 spiro atoms. The normalized spacial score (nSPS) is 22.3. The summed E-state index contributed by atoms with van der Waals surface area (Å²) in [4.78, 5) is 41.8. The van der Waals surface area contributed by atoms with Crippen LogP contribution in [0.1, 0.15) is 46.0 Å². The number of nitrogens with one attached hydrogen (secondary N) is 1. The molecule has 1 N–H and O–H groups in total. The second-order valence-corrected chi connectivity index (χ2v) is 7.85. The fourth-order valence-corrected chi connectivity index (χ4v) is 4.10. The van der Waals surface area contributed by atoms with Crippen molar-refractivity contribution in [3.05, 3.63) is 0 Å². The Morgan fingerprint density at radius 1 is 1.15 bits per heavy atom. The number of likely N-dealkylation sites (N-methyl/N-ethyl adjacent to an activating group) is 1. The molecule has 7 heteroatoms. The van der Waals surface area contributed by atoms with Crippen LogP contribution in [0.25, 0.3) is 0 Å². The van der Waals surface area contributed by atoms with Crippen molar-refractivity contribution in [2.45, 2.75) is 58.0 Å². The van der Waals surface area contributed by atoms with Crippen LogP contribution in [0.2, 0.25) is 0 Å². The number of hydrogen-bond acceptors (Lipinski definition) is 4. The SMILES string of the molecule is CC(C)[C@@H](CN1CCCC[C@H]1C(=O)N1CCCC1)N(C)C(=O)CNC=O. The number of rotatable bonds is 8. The molecule has 2 fully saturated rings. The molecule has 2 rings (SSSR count). The van der Waals surface area contributed by atoms with E-state index in [1.165, 1.54) is 0 Å². The summed E-state index contributed by atoms with van der Waals surface area (Å²) in [6.45, 7) is 7.58. The van der Waals surface area contributed by atoms with Crippen LogP contribution in [0.4, 0.5) is 0 Å². The zero-order chi connectivity index (χ0) is 19.1. The van der Waals surface area contributed by atoms with Crippen molar-refractivity contribution in [2.75, 3.05) is 39.8 Å². The van der Waals surface area contributed by atoms with Crippen LogP contribution in [0.3, 0.4) is 0 Å². The van der Waals surface area contributed by atoms with Gasteiger partial charge in [-0.05, 0) is 38.1 Å². The van der Waals surface area contributed by atoms with Crippen molar-refractivity contribution in [1.29, 1.82) is 0 Å². The van der Waals surface area contributed by atoms with E-state index in [9.17, 15) is 14.4 Å². The van der Waals surface area contributed by atoms with Gasteiger partial charge in [-0.15, -0.1) is 0 Å². The molecule has 0 aromatic rings. The van der Waals surface area contributed by atoms with Gasteiger partial charge in [0, 0.05) is 32.7 Å². The molecule has 0 aromatic heterocycles. The minimum atomic E-state index is -0.102. The quantitative estimate of drug-likeness (QED) is 0.642. The van der Waals surface area contributed by atoms with Crippen LogP contribution in [0.5, 0.6) is 0 Å². The fraction of sp³-hybridized carbons (Fsp3) is 0.842. The summed E-state index contributed by atoms with van der Waals surface area (Å²) in [7, 11) is 1.79. The lowest BCUT2D eigenvalue weighted by Gasteiger charge is -2.41. The summed E-state index contributed by atoms with van der Waals surface area (Å²) in [6.07, 6.45) is 5.85. The summed E-state index contributed by atoms with van der Waals surface area (Å²) >= 11 is 0. The van der Waals surface area contributed by atoms with E-state index in [4.69, 9.17) is 0 Å². The number of hydrogen-bond donors (Lipinski definition) is 1. The minimum Gasteiger partial charge on any atom is -0.350 e. The van der Waals surface area contributed by atoms with E-state index in [1.807, 2.05) is 4.90 Å². The molecule has 0 unspecified atom stereocenters. The average Bonchev–Trinajstić information content (AvgIpc) is 3.17. The first kappa shape index (κ1) is 20.7. The smallest absolute Gasteiger partial charge is 0.241 e. The Balaban J connectivity index is 2.05. The zero-order valence-electron chi connectivity index (χ0n) is 16.4. The van der Waals surface area contributed by atoms with Gasteiger partial charge in [0.1, 0.15) is 0 Å². The zero-order valence-corrected chi connectivity index (χ0v) is 16.4. The lowest BCUT2D eigenvalue weighted by Crippen LogP contribution is -2.56. The highest BCUT2D eigenvalue weighted by molar-refractivity contribution is 5.82. The fourth-order valence-electron chi connectivity index (χ4n) is 4.10. The predicted molar refractivity (Wildman–Crippen MR) is 100 cm³/mol. The van der Waals surface area contributed by atoms with E-state index < -0.39 is 0 Å². The van der Waals surface area contributed by atoms with Crippen LogP contribution < -0.4 is 5.32 Å². The van der Waals surface area contributed by atoms with Crippen LogP contribution in [0, 0.1) is 5.92 Å². The van der Waals surface area contributed by atoms with Crippen LogP contribution in [-0.4, -0.2) is 84.8 Å². The highest BCUT2D eigenvalue weighted by atomic mass is 16.2. The maximum Gasteiger partial charge on any atom is 0.241 e. The first-order chi connectivity index (χ1) is 12.5.